The number of ether oxygens (including phenoxy) is 1. The van der Waals surface area contributed by atoms with Crippen molar-refractivity contribution in [2.45, 2.75) is 32.1 Å². The standard InChI is InChI=1S/C28H32N2O5/c1-17(27(32)33)20-14-30(15-20)26(31)12-18-10-19(11-18)13-29-28(34)35-16-25-23-8-4-2-6-21(23)22-7-3-5-9-24(22)25/h2-9,17-20,25H,10-16H2,1H3,(H,29,34)(H,32,33). The van der Waals surface area contributed by atoms with Crippen LogP contribution in [-0.2, 0) is 14.3 Å². The van der Waals surface area contributed by atoms with Gasteiger partial charge in [0.25, 0.3) is 0 Å². The molecule has 2 amide bonds. The molecular formula is C28H32N2O5. The predicted molar refractivity (Wildman–Crippen MR) is 131 cm³/mol. The Kier molecular flexibility index (Phi) is 6.50. The lowest BCUT2D eigenvalue weighted by atomic mass is 9.73. The van der Waals surface area contributed by atoms with Crippen LogP contribution in [0.4, 0.5) is 4.79 Å². The van der Waals surface area contributed by atoms with E-state index >= 15 is 0 Å². The molecular weight excluding hydrogens is 444 g/mol. The van der Waals surface area contributed by atoms with E-state index in [2.05, 4.69) is 29.6 Å². The number of carboxylic acid groups (broad SMARTS) is 1. The van der Waals surface area contributed by atoms with E-state index in [9.17, 15) is 14.4 Å². The Hall–Kier alpha value is -3.35. The van der Waals surface area contributed by atoms with Crippen LogP contribution < -0.4 is 5.32 Å². The molecule has 1 unspecified atom stereocenters. The number of nitrogens with zero attached hydrogens (tertiary/aromatic N) is 1. The fourth-order valence-electron chi connectivity index (χ4n) is 5.69. The molecule has 7 heteroatoms. The Morgan fingerprint density at radius 1 is 1.00 bits per heavy atom. The maximum atomic E-state index is 12.4. The SMILES string of the molecule is CC(C(=O)O)C1CN(C(=O)CC2CC(CNC(=O)OCC3c4ccccc4-c4ccccc43)C2)C1. The van der Waals surface area contributed by atoms with Crippen LogP contribution in [0.1, 0.15) is 43.2 Å². The van der Waals surface area contributed by atoms with Crippen LogP contribution in [0, 0.1) is 23.7 Å². The molecule has 0 spiro atoms. The summed E-state index contributed by atoms with van der Waals surface area (Å²) >= 11 is 0. The summed E-state index contributed by atoms with van der Waals surface area (Å²) in [6, 6.07) is 16.5. The highest BCUT2D eigenvalue weighted by molar-refractivity contribution is 5.79. The van der Waals surface area contributed by atoms with Crippen LogP contribution in [-0.4, -0.2) is 54.2 Å². The van der Waals surface area contributed by atoms with Gasteiger partial charge in [0, 0.05) is 37.9 Å². The number of benzene rings is 2. The molecule has 3 aliphatic rings. The molecule has 2 fully saturated rings. The van der Waals surface area contributed by atoms with Crippen molar-refractivity contribution in [2.75, 3.05) is 26.2 Å². The number of likely N-dealkylation sites (tertiary alicyclic amines) is 1. The van der Waals surface area contributed by atoms with Crippen LogP contribution in [0.2, 0.25) is 0 Å². The number of alkyl carbamates (subject to hydrolysis) is 1. The number of carbonyl (C=O) groups is 3. The Morgan fingerprint density at radius 3 is 2.20 bits per heavy atom. The molecule has 184 valence electrons. The fourth-order valence-corrected chi connectivity index (χ4v) is 5.69. The molecule has 5 rings (SSSR count). The highest BCUT2D eigenvalue weighted by Gasteiger charge is 2.39. The first-order valence-electron chi connectivity index (χ1n) is 12.5. The minimum atomic E-state index is -0.798. The maximum Gasteiger partial charge on any atom is 0.407 e. The molecule has 0 aromatic heterocycles. The second-order valence-corrected chi connectivity index (χ2v) is 10.3. The number of carboxylic acids is 1. The van der Waals surface area contributed by atoms with Gasteiger partial charge in [0.2, 0.25) is 5.91 Å². The summed E-state index contributed by atoms with van der Waals surface area (Å²) in [5, 5.41) is 12.0. The van der Waals surface area contributed by atoms with Gasteiger partial charge in [-0.1, -0.05) is 55.5 Å². The molecule has 1 atom stereocenters. The van der Waals surface area contributed by atoms with Crippen molar-refractivity contribution in [3.05, 3.63) is 59.7 Å². The maximum absolute atomic E-state index is 12.4. The molecule has 0 bridgehead atoms. The third kappa shape index (κ3) is 4.77. The molecule has 0 radical (unpaired) electrons. The molecule has 2 aliphatic carbocycles. The van der Waals surface area contributed by atoms with Gasteiger partial charge in [-0.15, -0.1) is 0 Å². The van der Waals surface area contributed by atoms with Crippen molar-refractivity contribution in [2.24, 2.45) is 23.7 Å². The smallest absolute Gasteiger partial charge is 0.407 e. The second-order valence-electron chi connectivity index (χ2n) is 10.3. The number of carbonyl (C=O) groups excluding carboxylic acids is 2. The third-order valence-electron chi connectivity index (χ3n) is 8.03. The van der Waals surface area contributed by atoms with Crippen LogP contribution in [0.25, 0.3) is 11.1 Å². The van der Waals surface area contributed by atoms with E-state index in [1.807, 2.05) is 24.3 Å². The first kappa shape index (κ1) is 23.4. The Bertz CT molecular complexity index is 1070. The van der Waals surface area contributed by atoms with Gasteiger partial charge in [0.1, 0.15) is 6.61 Å². The minimum absolute atomic E-state index is 0.0480. The van der Waals surface area contributed by atoms with Crippen LogP contribution in [0.5, 0.6) is 0 Å². The van der Waals surface area contributed by atoms with Crippen LogP contribution in [0.3, 0.4) is 0 Å². The summed E-state index contributed by atoms with van der Waals surface area (Å²) in [5.41, 5.74) is 4.80. The van der Waals surface area contributed by atoms with Crippen molar-refractivity contribution in [3.63, 3.8) is 0 Å². The lowest BCUT2D eigenvalue weighted by molar-refractivity contribution is -0.151. The van der Waals surface area contributed by atoms with Crippen molar-refractivity contribution in [3.8, 4) is 11.1 Å². The third-order valence-corrected chi connectivity index (χ3v) is 8.03. The van der Waals surface area contributed by atoms with Gasteiger partial charge in [0.05, 0.1) is 5.92 Å². The van der Waals surface area contributed by atoms with Gasteiger partial charge in [0.15, 0.2) is 0 Å². The van der Waals surface area contributed by atoms with Crippen molar-refractivity contribution in [1.82, 2.24) is 10.2 Å². The summed E-state index contributed by atoms with van der Waals surface area (Å²) in [6.07, 6.45) is 1.94. The number of amides is 2. The average Bonchev–Trinajstić information content (AvgIpc) is 3.11. The Morgan fingerprint density at radius 2 is 1.60 bits per heavy atom. The summed E-state index contributed by atoms with van der Waals surface area (Å²) in [4.78, 5) is 37.6. The quantitative estimate of drug-likeness (QED) is 0.598. The number of hydrogen-bond acceptors (Lipinski definition) is 4. The Balaban J connectivity index is 1.01. The van der Waals surface area contributed by atoms with E-state index in [0.717, 1.165) is 12.8 Å². The topological polar surface area (TPSA) is 95.9 Å². The summed E-state index contributed by atoms with van der Waals surface area (Å²) in [6.45, 7) is 3.66. The van der Waals surface area contributed by atoms with Gasteiger partial charge >= 0.3 is 12.1 Å². The lowest BCUT2D eigenvalue weighted by Gasteiger charge is -2.43. The molecule has 1 heterocycles. The zero-order chi connectivity index (χ0) is 24.5. The van der Waals surface area contributed by atoms with Gasteiger partial charge in [-0.2, -0.15) is 0 Å². The van der Waals surface area contributed by atoms with Gasteiger partial charge < -0.3 is 20.1 Å². The molecule has 35 heavy (non-hydrogen) atoms. The number of fused-ring (bicyclic) bond motifs is 3. The molecule has 1 aliphatic heterocycles. The highest BCUT2D eigenvalue weighted by atomic mass is 16.5. The molecule has 1 saturated heterocycles. The van der Waals surface area contributed by atoms with Crippen molar-refractivity contribution >= 4 is 18.0 Å². The van der Waals surface area contributed by atoms with E-state index in [1.165, 1.54) is 22.3 Å². The monoisotopic (exact) mass is 476 g/mol. The number of hydrogen-bond donors (Lipinski definition) is 2. The number of rotatable bonds is 8. The van der Waals surface area contributed by atoms with E-state index in [4.69, 9.17) is 9.84 Å². The average molecular weight is 477 g/mol. The number of aliphatic carboxylic acids is 1. The van der Waals surface area contributed by atoms with Gasteiger partial charge in [-0.25, -0.2) is 4.79 Å². The van der Waals surface area contributed by atoms with Crippen molar-refractivity contribution in [1.29, 1.82) is 0 Å². The minimum Gasteiger partial charge on any atom is -0.481 e. The number of nitrogens with one attached hydrogen (secondary N) is 1. The zero-order valence-corrected chi connectivity index (χ0v) is 20.0. The first-order valence-corrected chi connectivity index (χ1v) is 12.5. The van der Waals surface area contributed by atoms with E-state index < -0.39 is 18.0 Å². The van der Waals surface area contributed by atoms with E-state index in [1.54, 1.807) is 11.8 Å². The normalized spacial score (nSPS) is 21.8. The van der Waals surface area contributed by atoms with Gasteiger partial charge in [-0.05, 0) is 46.9 Å². The van der Waals surface area contributed by atoms with Crippen molar-refractivity contribution < 1.29 is 24.2 Å². The largest absolute Gasteiger partial charge is 0.481 e. The molecule has 2 N–H and O–H groups in total. The molecule has 7 nitrogen and oxygen atoms in total. The molecule has 2 aromatic carbocycles. The predicted octanol–water partition coefficient (Wildman–Crippen LogP) is 4.12. The Labute approximate surface area is 205 Å². The second kappa shape index (κ2) is 9.72. The first-order chi connectivity index (χ1) is 16.9. The van der Waals surface area contributed by atoms with Crippen LogP contribution >= 0.6 is 0 Å². The summed E-state index contributed by atoms with van der Waals surface area (Å²) < 4.78 is 5.60. The van der Waals surface area contributed by atoms with Crippen LogP contribution in [0.15, 0.2) is 48.5 Å². The van der Waals surface area contributed by atoms with Gasteiger partial charge in [-0.3, -0.25) is 9.59 Å². The highest BCUT2D eigenvalue weighted by Crippen LogP contribution is 2.44. The summed E-state index contributed by atoms with van der Waals surface area (Å²) in [7, 11) is 0. The van der Waals surface area contributed by atoms with E-state index in [0.29, 0.717) is 44.5 Å². The fraction of sp³-hybridized carbons (Fsp3) is 0.464. The van der Waals surface area contributed by atoms with E-state index in [-0.39, 0.29) is 17.7 Å². The zero-order valence-electron chi connectivity index (χ0n) is 20.0. The summed E-state index contributed by atoms with van der Waals surface area (Å²) in [5.74, 6) is -0.271. The molecule has 1 saturated carbocycles. The lowest BCUT2D eigenvalue weighted by Crippen LogP contribution is -2.54. The molecule has 2 aromatic rings.